The molecule has 9 nitrogen and oxygen atoms in total. The third-order valence-electron chi connectivity index (χ3n) is 7.09. The molecule has 0 amide bonds. The van der Waals surface area contributed by atoms with Gasteiger partial charge < -0.3 is 28.4 Å². The monoisotopic (exact) mass is 580 g/mol. The number of ether oxygens (including phenoxy) is 6. The van der Waals surface area contributed by atoms with Crippen LogP contribution in [0.4, 0.5) is 0 Å². The molecule has 0 bridgehead atoms. The van der Waals surface area contributed by atoms with Crippen molar-refractivity contribution in [3.05, 3.63) is 144 Å². The van der Waals surface area contributed by atoms with Gasteiger partial charge in [-0.25, -0.2) is 14.4 Å². The summed E-state index contributed by atoms with van der Waals surface area (Å²) in [6, 6.07) is 34.5. The molecule has 218 valence electrons. The minimum atomic E-state index is -1.22. The Labute approximate surface area is 247 Å². The maximum absolute atomic E-state index is 13.3. The topological polar surface area (TPSA) is 107 Å². The van der Waals surface area contributed by atoms with Crippen molar-refractivity contribution < 1.29 is 42.8 Å². The van der Waals surface area contributed by atoms with Crippen LogP contribution in [0.25, 0.3) is 0 Å². The minimum absolute atomic E-state index is 0.281. The highest BCUT2D eigenvalue weighted by Gasteiger charge is 2.56. The Kier molecular flexibility index (Phi) is 8.55. The molecule has 2 heterocycles. The maximum Gasteiger partial charge on any atom is 0.338 e. The van der Waals surface area contributed by atoms with E-state index in [1.54, 1.807) is 91.0 Å². The van der Waals surface area contributed by atoms with Crippen molar-refractivity contribution >= 4 is 17.9 Å². The van der Waals surface area contributed by atoms with E-state index >= 15 is 0 Å². The Balaban J connectivity index is 1.32. The van der Waals surface area contributed by atoms with E-state index in [1.165, 1.54) is 0 Å². The van der Waals surface area contributed by atoms with E-state index in [9.17, 15) is 14.4 Å². The normalized spacial score (nSPS) is 24.4. The first-order valence-electron chi connectivity index (χ1n) is 13.8. The fourth-order valence-electron chi connectivity index (χ4n) is 4.95. The Morgan fingerprint density at radius 2 is 1.00 bits per heavy atom. The zero-order chi connectivity index (χ0) is 29.6. The van der Waals surface area contributed by atoms with Crippen LogP contribution >= 0.6 is 0 Å². The molecule has 0 radical (unpaired) electrons. The fourth-order valence-corrected chi connectivity index (χ4v) is 4.95. The standard InChI is InChI=1S/C34H28O9/c35-30(22-13-5-1-6-14-22)38-21-26-27(40-31(36)23-15-7-2-8-16-23)28(41-32(37)24-17-9-3-10-18-24)29-34(39-26)43-33(42-29)25-19-11-4-12-20-25/h1-20,26-29,33-34H,21H2/t26-,27-,28+,29-,33-,34-/m1/s1. The molecule has 0 aliphatic carbocycles. The van der Waals surface area contributed by atoms with Gasteiger partial charge in [0.15, 0.2) is 30.9 Å². The second-order valence-corrected chi connectivity index (χ2v) is 9.96. The van der Waals surface area contributed by atoms with Gasteiger partial charge in [-0.05, 0) is 36.4 Å². The molecule has 0 N–H and O–H groups in total. The largest absolute Gasteiger partial charge is 0.459 e. The summed E-state index contributed by atoms with van der Waals surface area (Å²) in [5, 5.41) is 0. The van der Waals surface area contributed by atoms with Crippen molar-refractivity contribution in [2.24, 2.45) is 0 Å². The number of esters is 3. The van der Waals surface area contributed by atoms with E-state index in [4.69, 9.17) is 28.4 Å². The highest BCUT2D eigenvalue weighted by molar-refractivity contribution is 5.91. The van der Waals surface area contributed by atoms with E-state index < -0.39 is 54.9 Å². The van der Waals surface area contributed by atoms with E-state index in [1.807, 2.05) is 30.3 Å². The average molecular weight is 581 g/mol. The second-order valence-electron chi connectivity index (χ2n) is 9.96. The van der Waals surface area contributed by atoms with Crippen LogP contribution in [-0.4, -0.2) is 55.2 Å². The van der Waals surface area contributed by atoms with Crippen LogP contribution in [0.5, 0.6) is 0 Å². The first-order chi connectivity index (χ1) is 21.1. The van der Waals surface area contributed by atoms with Crippen LogP contribution < -0.4 is 0 Å². The molecular formula is C34H28O9. The van der Waals surface area contributed by atoms with Crippen molar-refractivity contribution in [1.82, 2.24) is 0 Å². The minimum Gasteiger partial charge on any atom is -0.459 e. The third kappa shape index (κ3) is 6.49. The molecule has 0 spiro atoms. The molecule has 43 heavy (non-hydrogen) atoms. The predicted octanol–water partition coefficient (Wildman–Crippen LogP) is 5.13. The molecule has 0 unspecified atom stereocenters. The van der Waals surface area contributed by atoms with Gasteiger partial charge in [0.25, 0.3) is 0 Å². The lowest BCUT2D eigenvalue weighted by molar-refractivity contribution is -0.252. The van der Waals surface area contributed by atoms with Gasteiger partial charge in [0, 0.05) is 5.56 Å². The van der Waals surface area contributed by atoms with Crippen LogP contribution in [0.15, 0.2) is 121 Å². The van der Waals surface area contributed by atoms with Crippen molar-refractivity contribution in [3.8, 4) is 0 Å². The number of hydrogen-bond acceptors (Lipinski definition) is 9. The molecule has 2 fully saturated rings. The first-order valence-corrected chi connectivity index (χ1v) is 13.8. The van der Waals surface area contributed by atoms with Crippen LogP contribution in [0, 0.1) is 0 Å². The van der Waals surface area contributed by atoms with Gasteiger partial charge in [-0.3, -0.25) is 0 Å². The summed E-state index contributed by atoms with van der Waals surface area (Å²) in [6.45, 7) is -0.317. The molecular weight excluding hydrogens is 552 g/mol. The lowest BCUT2D eigenvalue weighted by Gasteiger charge is -2.41. The van der Waals surface area contributed by atoms with E-state index in [0.29, 0.717) is 11.1 Å². The summed E-state index contributed by atoms with van der Waals surface area (Å²) in [4.78, 5) is 39.4. The molecule has 2 saturated heterocycles. The van der Waals surface area contributed by atoms with Gasteiger partial charge in [-0.2, -0.15) is 0 Å². The molecule has 0 aromatic heterocycles. The number of benzene rings is 4. The van der Waals surface area contributed by atoms with Crippen LogP contribution in [-0.2, 0) is 28.4 Å². The fraction of sp³-hybridized carbons (Fsp3) is 0.206. The Morgan fingerprint density at radius 1 is 0.535 bits per heavy atom. The molecule has 6 rings (SSSR count). The van der Waals surface area contributed by atoms with Crippen LogP contribution in [0.3, 0.4) is 0 Å². The molecule has 2 aliphatic rings. The summed E-state index contributed by atoms with van der Waals surface area (Å²) in [5.41, 5.74) is 1.64. The van der Waals surface area contributed by atoms with Crippen molar-refractivity contribution in [1.29, 1.82) is 0 Å². The van der Waals surface area contributed by atoms with E-state index in [-0.39, 0.29) is 12.2 Å². The average Bonchev–Trinajstić information content (AvgIpc) is 3.50. The second kappa shape index (κ2) is 13.0. The Hall–Kier alpha value is -4.83. The van der Waals surface area contributed by atoms with Crippen molar-refractivity contribution in [3.63, 3.8) is 0 Å². The van der Waals surface area contributed by atoms with Gasteiger partial charge in [-0.1, -0.05) is 84.9 Å². The lowest BCUT2D eigenvalue weighted by Crippen LogP contribution is -2.60. The smallest absolute Gasteiger partial charge is 0.338 e. The molecule has 6 atom stereocenters. The molecule has 4 aromatic rings. The summed E-state index contributed by atoms with van der Waals surface area (Å²) < 4.78 is 36.1. The first kappa shape index (κ1) is 28.3. The predicted molar refractivity (Wildman–Crippen MR) is 152 cm³/mol. The number of rotatable bonds is 8. The number of carbonyl (C=O) groups is 3. The Bertz CT molecular complexity index is 1530. The number of carbonyl (C=O) groups excluding carboxylic acids is 3. The van der Waals surface area contributed by atoms with Crippen LogP contribution in [0.1, 0.15) is 42.9 Å². The third-order valence-corrected chi connectivity index (χ3v) is 7.09. The van der Waals surface area contributed by atoms with Gasteiger partial charge >= 0.3 is 17.9 Å². The number of fused-ring (bicyclic) bond motifs is 1. The number of hydrogen-bond donors (Lipinski definition) is 0. The Morgan fingerprint density at radius 3 is 1.53 bits per heavy atom. The highest BCUT2D eigenvalue weighted by atomic mass is 16.8. The van der Waals surface area contributed by atoms with Gasteiger partial charge in [-0.15, -0.1) is 0 Å². The van der Waals surface area contributed by atoms with E-state index in [0.717, 1.165) is 5.56 Å². The van der Waals surface area contributed by atoms with E-state index in [2.05, 4.69) is 0 Å². The zero-order valence-corrected chi connectivity index (χ0v) is 22.9. The highest BCUT2D eigenvalue weighted by Crippen LogP contribution is 2.40. The quantitative estimate of drug-likeness (QED) is 0.207. The van der Waals surface area contributed by atoms with Crippen LogP contribution in [0.2, 0.25) is 0 Å². The van der Waals surface area contributed by atoms with Crippen molar-refractivity contribution in [2.45, 2.75) is 37.0 Å². The van der Waals surface area contributed by atoms with Gasteiger partial charge in [0.05, 0.1) is 16.7 Å². The zero-order valence-electron chi connectivity index (χ0n) is 22.9. The molecule has 0 saturated carbocycles. The summed E-state index contributed by atoms with van der Waals surface area (Å²) in [5.74, 6) is -1.92. The molecule has 9 heteroatoms. The summed E-state index contributed by atoms with van der Waals surface area (Å²) >= 11 is 0. The van der Waals surface area contributed by atoms with Gasteiger partial charge in [0.2, 0.25) is 0 Å². The molecule has 4 aromatic carbocycles. The maximum atomic E-state index is 13.3. The van der Waals surface area contributed by atoms with Gasteiger partial charge in [0.1, 0.15) is 12.7 Å². The summed E-state index contributed by atoms with van der Waals surface area (Å²) in [6.07, 6.45) is -6.28. The SMILES string of the molecule is O=C(OC[C@H]1O[C@@H]2O[C@H](c3ccccc3)O[C@@H]2[C@@H](OC(=O)c2ccccc2)[C@@H]1OC(=O)c1ccccc1)c1ccccc1. The molecule has 2 aliphatic heterocycles. The lowest BCUT2D eigenvalue weighted by atomic mass is 9.98. The summed E-state index contributed by atoms with van der Waals surface area (Å²) in [7, 11) is 0. The van der Waals surface area contributed by atoms with Crippen molar-refractivity contribution in [2.75, 3.05) is 6.61 Å².